The summed E-state index contributed by atoms with van der Waals surface area (Å²) in [5, 5.41) is 11.4. The second-order valence-corrected chi connectivity index (χ2v) is 5.00. The van der Waals surface area contributed by atoms with Crippen LogP contribution in [0.25, 0.3) is 0 Å². The number of halogens is 1. The predicted molar refractivity (Wildman–Crippen MR) is 67.8 cm³/mol. The van der Waals surface area contributed by atoms with Gasteiger partial charge in [-0.25, -0.2) is 0 Å². The molecule has 6 heteroatoms. The fraction of sp³-hybridized carbons (Fsp3) is 0.500. The molecule has 0 aliphatic rings. The molecule has 1 aromatic heterocycles. The summed E-state index contributed by atoms with van der Waals surface area (Å²) in [6, 6.07) is 1.62. The minimum atomic E-state index is -0.136. The van der Waals surface area contributed by atoms with Gasteiger partial charge in [0.05, 0.1) is 11.8 Å². The zero-order valence-electron chi connectivity index (χ0n) is 8.74. The average Bonchev–Trinajstić information content (AvgIpc) is 2.69. The lowest BCUT2D eigenvalue weighted by Gasteiger charge is -2.03. The van der Waals surface area contributed by atoms with Crippen molar-refractivity contribution in [3.63, 3.8) is 0 Å². The molecule has 2 N–H and O–H groups in total. The van der Waals surface area contributed by atoms with Crippen molar-refractivity contribution in [1.82, 2.24) is 5.32 Å². The highest BCUT2D eigenvalue weighted by molar-refractivity contribution is 9.10. The van der Waals surface area contributed by atoms with E-state index in [0.29, 0.717) is 16.8 Å². The molecule has 0 aliphatic heterocycles. The summed E-state index contributed by atoms with van der Waals surface area (Å²) in [4.78, 5) is 11.6. The van der Waals surface area contributed by atoms with Crippen molar-refractivity contribution in [3.05, 3.63) is 22.6 Å². The van der Waals surface area contributed by atoms with Crippen LogP contribution in [0.2, 0.25) is 0 Å². The van der Waals surface area contributed by atoms with E-state index in [1.807, 2.05) is 0 Å². The van der Waals surface area contributed by atoms with Gasteiger partial charge in [0.1, 0.15) is 0 Å². The first-order valence-electron chi connectivity index (χ1n) is 4.95. The van der Waals surface area contributed by atoms with Crippen LogP contribution >= 0.6 is 27.7 Å². The van der Waals surface area contributed by atoms with Crippen molar-refractivity contribution >= 4 is 33.6 Å². The highest BCUT2D eigenvalue weighted by Gasteiger charge is 2.11. The summed E-state index contributed by atoms with van der Waals surface area (Å²) in [5.74, 6) is 1.63. The molecule has 0 saturated carbocycles. The van der Waals surface area contributed by atoms with Crippen molar-refractivity contribution in [2.24, 2.45) is 0 Å². The van der Waals surface area contributed by atoms with Gasteiger partial charge in [-0.05, 0) is 34.2 Å². The van der Waals surface area contributed by atoms with Gasteiger partial charge >= 0.3 is 0 Å². The highest BCUT2D eigenvalue weighted by atomic mass is 79.9. The van der Waals surface area contributed by atoms with Gasteiger partial charge in [0.2, 0.25) is 0 Å². The van der Waals surface area contributed by atoms with Crippen LogP contribution in [-0.2, 0) is 0 Å². The van der Waals surface area contributed by atoms with Gasteiger partial charge in [0.25, 0.3) is 5.91 Å². The number of carbonyl (C=O) groups excluding carboxylic acids is 1. The number of nitrogens with one attached hydrogen (secondary N) is 1. The van der Waals surface area contributed by atoms with Gasteiger partial charge < -0.3 is 14.8 Å². The summed E-state index contributed by atoms with van der Waals surface area (Å²) in [6.45, 7) is 0.841. The van der Waals surface area contributed by atoms with Gasteiger partial charge in [-0.1, -0.05) is 0 Å². The third-order valence-electron chi connectivity index (χ3n) is 1.84. The lowest BCUT2D eigenvalue weighted by Crippen LogP contribution is -2.25. The molecule has 4 nitrogen and oxygen atoms in total. The fourth-order valence-corrected chi connectivity index (χ4v) is 2.26. The fourth-order valence-electron chi connectivity index (χ4n) is 1.06. The van der Waals surface area contributed by atoms with Gasteiger partial charge in [-0.3, -0.25) is 4.79 Å². The molecule has 16 heavy (non-hydrogen) atoms. The second-order valence-electron chi connectivity index (χ2n) is 3.05. The Bertz CT molecular complexity index is 330. The Kier molecular flexibility index (Phi) is 6.59. The maximum Gasteiger partial charge on any atom is 0.255 e. The molecular formula is C10H14BrNO3S. The molecule has 0 unspecified atom stereocenters. The normalized spacial score (nSPS) is 10.4. The summed E-state index contributed by atoms with van der Waals surface area (Å²) >= 11 is 4.86. The van der Waals surface area contributed by atoms with E-state index in [4.69, 9.17) is 9.52 Å². The molecule has 1 heterocycles. The molecule has 0 radical (unpaired) electrons. The van der Waals surface area contributed by atoms with E-state index in [0.717, 1.165) is 17.9 Å². The Morgan fingerprint density at radius 2 is 2.38 bits per heavy atom. The Morgan fingerprint density at radius 3 is 3.00 bits per heavy atom. The number of carbonyl (C=O) groups is 1. The van der Waals surface area contributed by atoms with Crippen molar-refractivity contribution < 1.29 is 14.3 Å². The summed E-state index contributed by atoms with van der Waals surface area (Å²) < 4.78 is 5.42. The summed E-state index contributed by atoms with van der Waals surface area (Å²) in [5.41, 5.74) is 0.514. The largest absolute Gasteiger partial charge is 0.457 e. The molecule has 1 amide bonds. The van der Waals surface area contributed by atoms with Crippen molar-refractivity contribution in [3.8, 4) is 0 Å². The standard InChI is InChI=1S/C10H14BrNO3S/c11-9-8(2-5-15-9)10(14)12-3-7-16-6-1-4-13/h2,5,13H,1,3-4,6-7H2,(H,12,14). The van der Waals surface area contributed by atoms with Gasteiger partial charge in [0, 0.05) is 18.9 Å². The zero-order chi connectivity index (χ0) is 11.8. The summed E-state index contributed by atoms with van der Waals surface area (Å²) in [6.07, 6.45) is 2.26. The smallest absolute Gasteiger partial charge is 0.255 e. The molecule has 0 saturated heterocycles. The van der Waals surface area contributed by atoms with Crippen molar-refractivity contribution in [2.45, 2.75) is 6.42 Å². The number of aliphatic hydroxyl groups excluding tert-OH is 1. The number of hydrogen-bond acceptors (Lipinski definition) is 4. The molecule has 0 fully saturated rings. The maximum atomic E-state index is 11.6. The van der Waals surface area contributed by atoms with Crippen LogP contribution in [0.5, 0.6) is 0 Å². The molecule has 0 aliphatic carbocycles. The predicted octanol–water partition coefficient (Wildman–Crippen LogP) is 1.89. The molecule has 0 spiro atoms. The van der Waals surface area contributed by atoms with Gasteiger partial charge in [-0.2, -0.15) is 11.8 Å². The Morgan fingerprint density at radius 1 is 1.56 bits per heavy atom. The Labute approximate surface area is 107 Å². The third-order valence-corrected chi connectivity index (χ3v) is 3.53. The average molecular weight is 308 g/mol. The van der Waals surface area contributed by atoms with Gasteiger partial charge in [-0.15, -0.1) is 0 Å². The summed E-state index contributed by atoms with van der Waals surface area (Å²) in [7, 11) is 0. The topological polar surface area (TPSA) is 62.5 Å². The SMILES string of the molecule is O=C(NCCSCCCO)c1ccoc1Br. The van der Waals surface area contributed by atoms with Crippen LogP contribution in [0, 0.1) is 0 Å². The monoisotopic (exact) mass is 307 g/mol. The zero-order valence-corrected chi connectivity index (χ0v) is 11.1. The van der Waals surface area contributed by atoms with E-state index in [-0.39, 0.29) is 12.5 Å². The number of hydrogen-bond donors (Lipinski definition) is 2. The molecule has 0 atom stereocenters. The molecule has 90 valence electrons. The molecular weight excluding hydrogens is 294 g/mol. The van der Waals surface area contributed by atoms with Crippen LogP contribution in [0.1, 0.15) is 16.8 Å². The lowest BCUT2D eigenvalue weighted by atomic mass is 10.3. The Balaban J connectivity index is 2.14. The Hall–Kier alpha value is -0.460. The first-order chi connectivity index (χ1) is 7.75. The van der Waals surface area contributed by atoms with E-state index in [1.165, 1.54) is 6.26 Å². The van der Waals surface area contributed by atoms with Crippen LogP contribution in [0.4, 0.5) is 0 Å². The van der Waals surface area contributed by atoms with Crippen molar-refractivity contribution in [2.75, 3.05) is 24.7 Å². The van der Waals surface area contributed by atoms with Crippen molar-refractivity contribution in [1.29, 1.82) is 0 Å². The first-order valence-corrected chi connectivity index (χ1v) is 6.90. The van der Waals surface area contributed by atoms with E-state index in [9.17, 15) is 4.79 Å². The third kappa shape index (κ3) is 4.59. The number of thioether (sulfide) groups is 1. The number of rotatable bonds is 7. The molecule has 0 bridgehead atoms. The number of aliphatic hydroxyl groups is 1. The highest BCUT2D eigenvalue weighted by Crippen LogP contribution is 2.16. The number of amides is 1. The minimum Gasteiger partial charge on any atom is -0.457 e. The van der Waals surface area contributed by atoms with Gasteiger partial charge in [0.15, 0.2) is 4.67 Å². The van der Waals surface area contributed by atoms with Crippen LogP contribution in [0.3, 0.4) is 0 Å². The second kappa shape index (κ2) is 7.76. The molecule has 0 aromatic carbocycles. The van der Waals surface area contributed by atoms with E-state index in [1.54, 1.807) is 17.8 Å². The van der Waals surface area contributed by atoms with Crippen LogP contribution in [0.15, 0.2) is 21.4 Å². The van der Waals surface area contributed by atoms with E-state index in [2.05, 4.69) is 21.2 Å². The van der Waals surface area contributed by atoms with E-state index >= 15 is 0 Å². The first kappa shape index (κ1) is 13.6. The quantitative estimate of drug-likeness (QED) is 0.755. The van der Waals surface area contributed by atoms with Crippen LogP contribution in [-0.4, -0.2) is 35.7 Å². The molecule has 1 aromatic rings. The number of furan rings is 1. The molecule has 1 rings (SSSR count). The maximum absolute atomic E-state index is 11.6. The van der Waals surface area contributed by atoms with E-state index < -0.39 is 0 Å². The minimum absolute atomic E-state index is 0.136. The van der Waals surface area contributed by atoms with Crippen LogP contribution < -0.4 is 5.32 Å². The lowest BCUT2D eigenvalue weighted by molar-refractivity contribution is 0.0954.